The van der Waals surface area contributed by atoms with E-state index < -0.39 is 0 Å². The molecule has 0 heteroatoms. The van der Waals surface area contributed by atoms with Gasteiger partial charge in [-0.15, -0.1) is 0 Å². The molecule has 5 rings (SSSR count). The second-order valence-corrected chi connectivity index (χ2v) is 13.4. The van der Waals surface area contributed by atoms with Crippen LogP contribution < -0.4 is 0 Å². The highest BCUT2D eigenvalue weighted by atomic mass is 14.3. The third-order valence-electron chi connectivity index (χ3n) is 8.12. The normalized spacial score (nSPS) is 13.0. The predicted molar refractivity (Wildman–Crippen MR) is 162 cm³/mol. The van der Waals surface area contributed by atoms with Gasteiger partial charge in [0.15, 0.2) is 0 Å². The van der Waals surface area contributed by atoms with Gasteiger partial charge in [-0.1, -0.05) is 89.1 Å². The van der Waals surface area contributed by atoms with E-state index in [1.165, 1.54) is 77.9 Å². The molecule has 0 amide bonds. The van der Waals surface area contributed by atoms with Crippen molar-refractivity contribution in [1.82, 2.24) is 0 Å². The van der Waals surface area contributed by atoms with Crippen LogP contribution in [-0.2, 0) is 17.3 Å². The number of benzene rings is 4. The summed E-state index contributed by atoms with van der Waals surface area (Å²) in [4.78, 5) is 0. The first-order valence-electron chi connectivity index (χ1n) is 13.7. The van der Waals surface area contributed by atoms with E-state index >= 15 is 0 Å². The lowest BCUT2D eigenvalue weighted by molar-refractivity contribution is 0.591. The van der Waals surface area contributed by atoms with Gasteiger partial charge in [-0.2, -0.15) is 0 Å². The number of hydrogen-bond donors (Lipinski definition) is 0. The molecule has 0 atom stereocenters. The molecule has 1 aliphatic rings. The van der Waals surface area contributed by atoms with E-state index in [0.717, 1.165) is 6.42 Å². The van der Waals surface area contributed by atoms with Crippen LogP contribution in [0.15, 0.2) is 60.7 Å². The Morgan fingerprint density at radius 1 is 0.432 bits per heavy atom. The molecule has 4 aromatic carbocycles. The molecule has 0 N–H and O–H groups in total. The molecule has 190 valence electrons. The van der Waals surface area contributed by atoms with Gasteiger partial charge in [0.05, 0.1) is 0 Å². The van der Waals surface area contributed by atoms with Crippen molar-refractivity contribution in [3.63, 3.8) is 0 Å². The van der Waals surface area contributed by atoms with Crippen molar-refractivity contribution in [3.8, 4) is 33.4 Å². The zero-order valence-corrected chi connectivity index (χ0v) is 24.5. The van der Waals surface area contributed by atoms with Gasteiger partial charge in [-0.25, -0.2) is 0 Å². The van der Waals surface area contributed by atoms with Gasteiger partial charge in [0.2, 0.25) is 0 Å². The Morgan fingerprint density at radius 3 is 1.14 bits per heavy atom. The van der Waals surface area contributed by atoms with Gasteiger partial charge >= 0.3 is 0 Å². The maximum atomic E-state index is 2.51. The van der Waals surface area contributed by atoms with E-state index in [2.05, 4.69) is 130 Å². The Kier molecular flexibility index (Phi) is 6.02. The van der Waals surface area contributed by atoms with Crippen LogP contribution in [0.4, 0.5) is 0 Å². The van der Waals surface area contributed by atoms with E-state index in [4.69, 9.17) is 0 Å². The first-order chi connectivity index (χ1) is 17.2. The summed E-state index contributed by atoms with van der Waals surface area (Å²) < 4.78 is 0. The second-order valence-electron chi connectivity index (χ2n) is 13.4. The molecule has 0 nitrogen and oxygen atoms in total. The first-order valence-corrected chi connectivity index (χ1v) is 13.7. The van der Waals surface area contributed by atoms with Crippen molar-refractivity contribution in [3.05, 3.63) is 105 Å². The number of rotatable bonds is 2. The SMILES string of the molecule is Cc1ccc(-c2cc3c(cc2C(C)(C)C)-c2cc(C(C)(C)C)c(-c4ccc(C)cc4C)cc2C3)c(C)c1. The third-order valence-corrected chi connectivity index (χ3v) is 8.12. The Bertz CT molecular complexity index is 1410. The minimum Gasteiger partial charge on any atom is -0.0587 e. The van der Waals surface area contributed by atoms with Crippen LogP contribution in [0.25, 0.3) is 33.4 Å². The molecule has 0 bridgehead atoms. The average molecular weight is 487 g/mol. The van der Waals surface area contributed by atoms with E-state index in [1.807, 2.05) is 0 Å². The minimum absolute atomic E-state index is 0.0518. The molecule has 0 aromatic heterocycles. The zero-order valence-electron chi connectivity index (χ0n) is 24.5. The monoisotopic (exact) mass is 486 g/mol. The molecule has 0 saturated heterocycles. The van der Waals surface area contributed by atoms with E-state index in [9.17, 15) is 0 Å². The maximum Gasteiger partial charge on any atom is -0.00130 e. The van der Waals surface area contributed by atoms with Crippen molar-refractivity contribution < 1.29 is 0 Å². The van der Waals surface area contributed by atoms with Crippen molar-refractivity contribution in [2.45, 2.75) is 86.5 Å². The van der Waals surface area contributed by atoms with Crippen LogP contribution in [0.3, 0.4) is 0 Å². The quantitative estimate of drug-likeness (QED) is 0.233. The van der Waals surface area contributed by atoms with Crippen LogP contribution >= 0.6 is 0 Å². The molecular formula is C37H42. The average Bonchev–Trinajstić information content (AvgIpc) is 3.13. The van der Waals surface area contributed by atoms with E-state index in [0.29, 0.717) is 0 Å². The molecule has 0 radical (unpaired) electrons. The molecular weight excluding hydrogens is 444 g/mol. The smallest absolute Gasteiger partial charge is 0.00130 e. The summed E-state index contributed by atoms with van der Waals surface area (Å²) in [6, 6.07) is 23.8. The maximum absolute atomic E-state index is 2.51. The Balaban J connectivity index is 1.75. The fourth-order valence-corrected chi connectivity index (χ4v) is 6.21. The molecule has 1 aliphatic carbocycles. The van der Waals surface area contributed by atoms with Crippen molar-refractivity contribution >= 4 is 0 Å². The Hall–Kier alpha value is -3.12. The summed E-state index contributed by atoms with van der Waals surface area (Å²) in [5, 5.41) is 0. The van der Waals surface area contributed by atoms with Crippen molar-refractivity contribution in [1.29, 1.82) is 0 Å². The lowest BCUT2D eigenvalue weighted by atomic mass is 9.77. The zero-order chi connectivity index (χ0) is 26.9. The van der Waals surface area contributed by atoms with Gasteiger partial charge in [0, 0.05) is 0 Å². The molecule has 37 heavy (non-hydrogen) atoms. The minimum atomic E-state index is 0.0518. The molecule has 4 aromatic rings. The standard InChI is InChI=1S/C37H42/c1-22-11-13-28(24(3)15-22)32-18-26-17-27-19-33(29-14-12-23(2)16-25(29)4)35(37(8,9)10)21-31(27)30(26)20-34(32)36(5,6)7/h11-16,18-21H,17H2,1-10H3. The highest BCUT2D eigenvalue weighted by Gasteiger charge is 2.29. The van der Waals surface area contributed by atoms with Crippen molar-refractivity contribution in [2.75, 3.05) is 0 Å². The second kappa shape index (κ2) is 8.73. The van der Waals surface area contributed by atoms with Gasteiger partial charge in [0.25, 0.3) is 0 Å². The summed E-state index contributed by atoms with van der Waals surface area (Å²) in [5.41, 5.74) is 19.6. The highest BCUT2D eigenvalue weighted by molar-refractivity contribution is 5.87. The summed E-state index contributed by atoms with van der Waals surface area (Å²) in [7, 11) is 0. The van der Waals surface area contributed by atoms with Crippen LogP contribution in [0.2, 0.25) is 0 Å². The van der Waals surface area contributed by atoms with Gasteiger partial charge in [-0.05, 0) is 136 Å². The molecule has 0 heterocycles. The number of hydrogen-bond acceptors (Lipinski definition) is 0. The van der Waals surface area contributed by atoms with Gasteiger partial charge in [0.1, 0.15) is 0 Å². The van der Waals surface area contributed by atoms with E-state index in [-0.39, 0.29) is 10.8 Å². The predicted octanol–water partition coefficient (Wildman–Crippen LogP) is 10.4. The molecule has 0 spiro atoms. The Morgan fingerprint density at radius 2 is 0.811 bits per heavy atom. The van der Waals surface area contributed by atoms with Gasteiger partial charge in [-0.3, -0.25) is 0 Å². The molecule has 0 aliphatic heterocycles. The highest BCUT2D eigenvalue weighted by Crippen LogP contribution is 2.47. The third kappa shape index (κ3) is 4.56. The summed E-state index contributed by atoms with van der Waals surface area (Å²) in [6.07, 6.45) is 0.995. The van der Waals surface area contributed by atoms with Gasteiger partial charge < -0.3 is 0 Å². The lowest BCUT2D eigenvalue weighted by Gasteiger charge is -2.27. The molecule has 0 saturated carbocycles. The van der Waals surface area contributed by atoms with Crippen LogP contribution in [0, 0.1) is 27.7 Å². The molecule has 0 unspecified atom stereocenters. The van der Waals surface area contributed by atoms with E-state index in [1.54, 1.807) is 0 Å². The summed E-state index contributed by atoms with van der Waals surface area (Å²) in [5.74, 6) is 0. The number of aryl methyl sites for hydroxylation is 4. The molecule has 0 fully saturated rings. The summed E-state index contributed by atoms with van der Waals surface area (Å²) in [6.45, 7) is 23.0. The lowest BCUT2D eigenvalue weighted by Crippen LogP contribution is -2.14. The van der Waals surface area contributed by atoms with Crippen LogP contribution in [-0.4, -0.2) is 0 Å². The Labute approximate surface area is 224 Å². The fourth-order valence-electron chi connectivity index (χ4n) is 6.21. The number of fused-ring (bicyclic) bond motifs is 3. The topological polar surface area (TPSA) is 0 Å². The largest absolute Gasteiger partial charge is 0.0587 e. The fraction of sp³-hybridized carbons (Fsp3) is 0.351. The van der Waals surface area contributed by atoms with Crippen LogP contribution in [0.5, 0.6) is 0 Å². The van der Waals surface area contributed by atoms with Crippen LogP contribution in [0.1, 0.15) is 86.1 Å². The first kappa shape index (κ1) is 25.5. The summed E-state index contributed by atoms with van der Waals surface area (Å²) >= 11 is 0. The van der Waals surface area contributed by atoms with Crippen molar-refractivity contribution in [2.24, 2.45) is 0 Å².